The Morgan fingerprint density at radius 2 is 2.25 bits per heavy atom. The van der Waals surface area contributed by atoms with Gasteiger partial charge in [-0.05, 0) is 12.8 Å². The SMILES string of the molecule is NC(=O)C1CCCN1S(=O)(=O)c1cc([N+](=O)[O-])c(Cl)s1. The minimum absolute atomic E-state index is 0.152. The van der Waals surface area contributed by atoms with Crippen LogP contribution in [0.4, 0.5) is 5.69 Å². The van der Waals surface area contributed by atoms with Gasteiger partial charge in [0.2, 0.25) is 5.91 Å². The second-order valence-electron chi connectivity index (χ2n) is 4.16. The van der Waals surface area contributed by atoms with Crippen LogP contribution in [0.3, 0.4) is 0 Å². The highest BCUT2D eigenvalue weighted by molar-refractivity contribution is 7.91. The molecule has 0 saturated carbocycles. The van der Waals surface area contributed by atoms with E-state index in [4.69, 9.17) is 17.3 Å². The summed E-state index contributed by atoms with van der Waals surface area (Å²) >= 11 is 6.25. The largest absolute Gasteiger partial charge is 0.368 e. The van der Waals surface area contributed by atoms with Gasteiger partial charge in [0, 0.05) is 12.6 Å². The fourth-order valence-electron chi connectivity index (χ4n) is 2.02. The van der Waals surface area contributed by atoms with E-state index in [1.54, 1.807) is 0 Å². The molecule has 1 aromatic heterocycles. The Morgan fingerprint density at radius 1 is 1.60 bits per heavy atom. The van der Waals surface area contributed by atoms with Gasteiger partial charge in [0.05, 0.1) is 4.92 Å². The first-order valence-electron chi connectivity index (χ1n) is 5.50. The van der Waals surface area contributed by atoms with Crippen LogP contribution in [0.1, 0.15) is 12.8 Å². The summed E-state index contributed by atoms with van der Waals surface area (Å²) in [5, 5.41) is 10.7. The molecule has 0 bridgehead atoms. The van der Waals surface area contributed by atoms with Crippen LogP contribution in [0.25, 0.3) is 0 Å². The first-order valence-corrected chi connectivity index (χ1v) is 8.13. The smallest absolute Gasteiger partial charge is 0.300 e. The Kier molecular flexibility index (Phi) is 4.00. The van der Waals surface area contributed by atoms with E-state index in [9.17, 15) is 23.3 Å². The zero-order valence-corrected chi connectivity index (χ0v) is 12.4. The van der Waals surface area contributed by atoms with Gasteiger partial charge in [0.15, 0.2) is 4.34 Å². The van der Waals surface area contributed by atoms with Crippen molar-refractivity contribution < 1.29 is 18.1 Å². The van der Waals surface area contributed by atoms with Crippen molar-refractivity contribution in [2.24, 2.45) is 5.73 Å². The standard InChI is InChI=1S/C9H10ClN3O5S2/c10-8-6(13(15)16)4-7(19-8)20(17,18)12-3-1-2-5(12)9(11)14/h4-5H,1-3H2,(H2,11,14). The number of amides is 1. The molecule has 1 saturated heterocycles. The number of nitro groups is 1. The maximum atomic E-state index is 12.4. The zero-order valence-electron chi connectivity index (χ0n) is 9.98. The number of primary amides is 1. The number of rotatable bonds is 4. The lowest BCUT2D eigenvalue weighted by Gasteiger charge is -2.20. The first-order chi connectivity index (χ1) is 9.25. The van der Waals surface area contributed by atoms with Gasteiger partial charge < -0.3 is 5.73 Å². The van der Waals surface area contributed by atoms with E-state index in [-0.39, 0.29) is 15.1 Å². The molecule has 0 spiro atoms. The van der Waals surface area contributed by atoms with Crippen LogP contribution in [0.2, 0.25) is 4.34 Å². The summed E-state index contributed by atoms with van der Waals surface area (Å²) in [6.45, 7) is 0.152. The van der Waals surface area contributed by atoms with Gasteiger partial charge in [-0.2, -0.15) is 4.31 Å². The first kappa shape index (κ1) is 15.2. The quantitative estimate of drug-likeness (QED) is 0.646. The molecular weight excluding hydrogens is 330 g/mol. The van der Waals surface area contributed by atoms with Crippen molar-refractivity contribution in [1.82, 2.24) is 4.31 Å². The lowest BCUT2D eigenvalue weighted by Crippen LogP contribution is -2.43. The molecule has 1 amide bonds. The third-order valence-corrected chi connectivity index (χ3v) is 6.63. The summed E-state index contributed by atoms with van der Waals surface area (Å²) in [6.07, 6.45) is 0.851. The highest BCUT2D eigenvalue weighted by Crippen LogP contribution is 2.38. The molecule has 8 nitrogen and oxygen atoms in total. The van der Waals surface area contributed by atoms with Crippen LogP contribution >= 0.6 is 22.9 Å². The lowest BCUT2D eigenvalue weighted by atomic mass is 10.2. The minimum Gasteiger partial charge on any atom is -0.368 e. The molecule has 20 heavy (non-hydrogen) atoms. The van der Waals surface area contributed by atoms with Crippen LogP contribution in [-0.2, 0) is 14.8 Å². The summed E-state index contributed by atoms with van der Waals surface area (Å²) in [5.74, 6) is -0.733. The molecular formula is C9H10ClN3O5S2. The number of halogens is 1. The van der Waals surface area contributed by atoms with Gasteiger partial charge in [-0.1, -0.05) is 11.6 Å². The molecule has 11 heteroatoms. The van der Waals surface area contributed by atoms with Gasteiger partial charge in [-0.25, -0.2) is 8.42 Å². The highest BCUT2D eigenvalue weighted by atomic mass is 35.5. The summed E-state index contributed by atoms with van der Waals surface area (Å²) in [4.78, 5) is 21.2. The van der Waals surface area contributed by atoms with Crippen LogP contribution in [-0.4, -0.2) is 36.1 Å². The summed E-state index contributed by atoms with van der Waals surface area (Å²) in [7, 11) is -4.01. The number of hydrogen-bond donors (Lipinski definition) is 1. The van der Waals surface area contributed by atoms with E-state index < -0.39 is 32.6 Å². The molecule has 110 valence electrons. The normalized spacial score (nSPS) is 20.1. The molecule has 1 unspecified atom stereocenters. The number of thiophene rings is 1. The Morgan fingerprint density at radius 3 is 2.75 bits per heavy atom. The summed E-state index contributed by atoms with van der Waals surface area (Å²) in [6, 6.07) is -0.0152. The number of sulfonamides is 1. The van der Waals surface area contributed by atoms with Crippen molar-refractivity contribution in [3.63, 3.8) is 0 Å². The number of carbonyl (C=O) groups excluding carboxylic acids is 1. The van der Waals surface area contributed by atoms with E-state index in [1.165, 1.54) is 0 Å². The van der Waals surface area contributed by atoms with E-state index in [2.05, 4.69) is 0 Å². The maximum Gasteiger partial charge on any atom is 0.300 e. The maximum absolute atomic E-state index is 12.4. The molecule has 1 atom stereocenters. The average Bonchev–Trinajstić information content (AvgIpc) is 2.94. The van der Waals surface area contributed by atoms with Gasteiger partial charge in [-0.15, -0.1) is 11.3 Å². The molecule has 0 aromatic carbocycles. The van der Waals surface area contributed by atoms with E-state index in [1.807, 2.05) is 0 Å². The molecule has 1 fully saturated rings. The number of carbonyl (C=O) groups is 1. The van der Waals surface area contributed by atoms with Crippen molar-refractivity contribution in [2.45, 2.75) is 23.1 Å². The summed E-state index contributed by atoms with van der Waals surface area (Å²) < 4.78 is 25.3. The fourth-order valence-corrected chi connectivity index (χ4v) is 5.48. The van der Waals surface area contributed by atoms with Crippen molar-refractivity contribution in [2.75, 3.05) is 6.54 Å². The van der Waals surface area contributed by atoms with E-state index in [0.717, 1.165) is 10.4 Å². The Labute approximate surface area is 123 Å². The lowest BCUT2D eigenvalue weighted by molar-refractivity contribution is -0.384. The Balaban J connectivity index is 2.43. The molecule has 2 rings (SSSR count). The molecule has 2 N–H and O–H groups in total. The monoisotopic (exact) mass is 339 g/mol. The van der Waals surface area contributed by atoms with Gasteiger partial charge in [-0.3, -0.25) is 14.9 Å². The van der Waals surface area contributed by atoms with Gasteiger partial charge in [0.25, 0.3) is 15.7 Å². The molecule has 1 aliphatic rings. The zero-order chi connectivity index (χ0) is 15.1. The molecule has 0 radical (unpaired) electrons. The predicted octanol–water partition coefficient (Wildman–Crippen LogP) is 0.948. The molecule has 2 heterocycles. The van der Waals surface area contributed by atoms with Crippen molar-refractivity contribution in [3.8, 4) is 0 Å². The van der Waals surface area contributed by atoms with Gasteiger partial charge >= 0.3 is 0 Å². The number of nitrogens with zero attached hydrogens (tertiary/aromatic N) is 2. The summed E-state index contributed by atoms with van der Waals surface area (Å²) in [5.41, 5.74) is 4.70. The Hall–Kier alpha value is -1.23. The minimum atomic E-state index is -4.01. The molecule has 1 aliphatic heterocycles. The number of hydrogen-bond acceptors (Lipinski definition) is 6. The fraction of sp³-hybridized carbons (Fsp3) is 0.444. The van der Waals surface area contributed by atoms with E-state index in [0.29, 0.717) is 24.2 Å². The van der Waals surface area contributed by atoms with Crippen LogP contribution in [0, 0.1) is 10.1 Å². The molecule has 1 aromatic rings. The van der Waals surface area contributed by atoms with Crippen LogP contribution in [0.5, 0.6) is 0 Å². The van der Waals surface area contributed by atoms with Crippen molar-refractivity contribution in [3.05, 3.63) is 20.5 Å². The number of nitrogens with two attached hydrogens (primary N) is 1. The third-order valence-electron chi connectivity index (χ3n) is 2.94. The third kappa shape index (κ3) is 2.51. The van der Waals surface area contributed by atoms with Crippen LogP contribution < -0.4 is 5.73 Å². The Bertz CT molecular complexity index is 671. The average molecular weight is 340 g/mol. The van der Waals surface area contributed by atoms with Crippen LogP contribution in [0.15, 0.2) is 10.3 Å². The molecule has 0 aliphatic carbocycles. The van der Waals surface area contributed by atoms with Crippen molar-refractivity contribution in [1.29, 1.82) is 0 Å². The van der Waals surface area contributed by atoms with Crippen molar-refractivity contribution >= 4 is 44.6 Å². The second kappa shape index (κ2) is 5.28. The predicted molar refractivity (Wildman–Crippen MR) is 72.1 cm³/mol. The van der Waals surface area contributed by atoms with E-state index >= 15 is 0 Å². The second-order valence-corrected chi connectivity index (χ2v) is 7.93. The van der Waals surface area contributed by atoms with Gasteiger partial charge in [0.1, 0.15) is 10.3 Å². The highest BCUT2D eigenvalue weighted by Gasteiger charge is 2.40. The topological polar surface area (TPSA) is 124 Å².